The molecule has 2 aromatic rings. The molecule has 0 bridgehead atoms. The van der Waals surface area contributed by atoms with E-state index < -0.39 is 5.91 Å². The molecule has 0 aliphatic heterocycles. The minimum atomic E-state index is -0.597. The van der Waals surface area contributed by atoms with Gasteiger partial charge < -0.3 is 16.4 Å². The Hall–Kier alpha value is -2.67. The molecule has 26 heavy (non-hydrogen) atoms. The van der Waals surface area contributed by atoms with Crippen LogP contribution in [0.15, 0.2) is 35.7 Å². The Labute approximate surface area is 156 Å². The van der Waals surface area contributed by atoms with E-state index in [2.05, 4.69) is 24.5 Å². The average molecular weight is 373 g/mol. The Kier molecular flexibility index (Phi) is 6.91. The maximum absolute atomic E-state index is 12.0. The number of carbonyl (C=O) groups is 3. The molecule has 1 aromatic heterocycles. The van der Waals surface area contributed by atoms with Gasteiger partial charge in [-0.2, -0.15) is 0 Å². The lowest BCUT2D eigenvalue weighted by atomic mass is 9.99. The van der Waals surface area contributed by atoms with Crippen LogP contribution in [-0.2, 0) is 9.59 Å². The SMILES string of the molecule is CC[C@@H](C)c1ccc(NC(=O)CCC(=O)Nc2sccc2C(N)=O)cc1. The monoisotopic (exact) mass is 373 g/mol. The minimum absolute atomic E-state index is 0.0207. The van der Waals surface area contributed by atoms with E-state index in [1.165, 1.54) is 16.9 Å². The first-order valence-electron chi connectivity index (χ1n) is 8.47. The van der Waals surface area contributed by atoms with Gasteiger partial charge in [0.05, 0.1) is 5.56 Å². The zero-order valence-corrected chi connectivity index (χ0v) is 15.7. The third kappa shape index (κ3) is 5.42. The van der Waals surface area contributed by atoms with Crippen molar-refractivity contribution in [1.82, 2.24) is 0 Å². The van der Waals surface area contributed by atoms with Gasteiger partial charge in [0, 0.05) is 18.5 Å². The molecule has 138 valence electrons. The topological polar surface area (TPSA) is 101 Å². The van der Waals surface area contributed by atoms with E-state index in [-0.39, 0.29) is 30.2 Å². The summed E-state index contributed by atoms with van der Waals surface area (Å²) in [7, 11) is 0. The molecular formula is C19H23N3O3S. The second-order valence-corrected chi connectivity index (χ2v) is 6.97. The number of hydrogen-bond acceptors (Lipinski definition) is 4. The summed E-state index contributed by atoms with van der Waals surface area (Å²) in [6.45, 7) is 4.29. The normalized spacial score (nSPS) is 11.6. The van der Waals surface area contributed by atoms with Crippen molar-refractivity contribution in [3.8, 4) is 0 Å². The van der Waals surface area contributed by atoms with E-state index in [0.717, 1.165) is 6.42 Å². The van der Waals surface area contributed by atoms with Crippen LogP contribution in [0, 0.1) is 0 Å². The number of rotatable bonds is 8. The molecule has 6 nitrogen and oxygen atoms in total. The molecule has 7 heteroatoms. The van der Waals surface area contributed by atoms with E-state index in [9.17, 15) is 14.4 Å². The molecule has 0 aliphatic rings. The summed E-state index contributed by atoms with van der Waals surface area (Å²) < 4.78 is 0. The summed E-state index contributed by atoms with van der Waals surface area (Å²) >= 11 is 1.22. The number of nitrogens with two attached hydrogens (primary N) is 1. The van der Waals surface area contributed by atoms with Crippen molar-refractivity contribution in [1.29, 1.82) is 0 Å². The number of carbonyl (C=O) groups excluding carboxylic acids is 3. The molecule has 1 atom stereocenters. The lowest BCUT2D eigenvalue weighted by Gasteiger charge is -2.10. The van der Waals surface area contributed by atoms with Crippen LogP contribution in [0.2, 0.25) is 0 Å². The van der Waals surface area contributed by atoms with Crippen molar-refractivity contribution in [2.45, 2.75) is 39.0 Å². The summed E-state index contributed by atoms with van der Waals surface area (Å²) in [4.78, 5) is 35.2. The molecule has 0 saturated carbocycles. The molecule has 0 aliphatic carbocycles. The first-order valence-corrected chi connectivity index (χ1v) is 9.35. The predicted molar refractivity (Wildman–Crippen MR) is 104 cm³/mol. The van der Waals surface area contributed by atoms with E-state index in [1.807, 2.05) is 24.3 Å². The van der Waals surface area contributed by atoms with Gasteiger partial charge in [-0.25, -0.2) is 0 Å². The Balaban J connectivity index is 1.82. The van der Waals surface area contributed by atoms with Crippen molar-refractivity contribution in [3.05, 3.63) is 46.8 Å². The van der Waals surface area contributed by atoms with Gasteiger partial charge in [0.2, 0.25) is 11.8 Å². The van der Waals surface area contributed by atoms with Crippen molar-refractivity contribution in [2.24, 2.45) is 5.73 Å². The van der Waals surface area contributed by atoms with Crippen LogP contribution < -0.4 is 16.4 Å². The van der Waals surface area contributed by atoms with Crippen LogP contribution >= 0.6 is 11.3 Å². The van der Waals surface area contributed by atoms with Gasteiger partial charge in [0.25, 0.3) is 5.91 Å². The fourth-order valence-corrected chi connectivity index (χ4v) is 3.18. The van der Waals surface area contributed by atoms with Crippen molar-refractivity contribution < 1.29 is 14.4 Å². The van der Waals surface area contributed by atoms with Gasteiger partial charge in [-0.1, -0.05) is 26.0 Å². The highest BCUT2D eigenvalue weighted by molar-refractivity contribution is 7.14. The maximum atomic E-state index is 12.0. The maximum Gasteiger partial charge on any atom is 0.251 e. The average Bonchev–Trinajstić information content (AvgIpc) is 3.08. The van der Waals surface area contributed by atoms with Gasteiger partial charge in [-0.15, -0.1) is 11.3 Å². The largest absolute Gasteiger partial charge is 0.366 e. The molecular weight excluding hydrogens is 350 g/mol. The number of nitrogens with one attached hydrogen (secondary N) is 2. The zero-order chi connectivity index (χ0) is 19.1. The van der Waals surface area contributed by atoms with Gasteiger partial charge in [-0.05, 0) is 41.5 Å². The smallest absolute Gasteiger partial charge is 0.251 e. The molecule has 0 unspecified atom stereocenters. The molecule has 2 rings (SSSR count). The summed E-state index contributed by atoms with van der Waals surface area (Å²) in [5, 5.41) is 7.47. The van der Waals surface area contributed by atoms with Crippen molar-refractivity contribution in [2.75, 3.05) is 10.6 Å². The first-order chi connectivity index (χ1) is 12.4. The van der Waals surface area contributed by atoms with Gasteiger partial charge in [0.15, 0.2) is 0 Å². The van der Waals surface area contributed by atoms with E-state index in [0.29, 0.717) is 16.6 Å². The third-order valence-electron chi connectivity index (χ3n) is 4.14. The predicted octanol–water partition coefficient (Wildman–Crippen LogP) is 3.72. The Morgan fingerprint density at radius 1 is 1.04 bits per heavy atom. The van der Waals surface area contributed by atoms with E-state index >= 15 is 0 Å². The number of anilines is 2. The lowest BCUT2D eigenvalue weighted by Crippen LogP contribution is -2.19. The van der Waals surface area contributed by atoms with Gasteiger partial charge in [-0.3, -0.25) is 14.4 Å². The van der Waals surface area contributed by atoms with Crippen LogP contribution in [0.4, 0.5) is 10.7 Å². The fourth-order valence-electron chi connectivity index (χ4n) is 2.37. The minimum Gasteiger partial charge on any atom is -0.366 e. The molecule has 1 aromatic carbocycles. The first kappa shape index (κ1) is 19.7. The highest BCUT2D eigenvalue weighted by Gasteiger charge is 2.13. The van der Waals surface area contributed by atoms with Crippen LogP contribution in [0.1, 0.15) is 54.9 Å². The summed E-state index contributed by atoms with van der Waals surface area (Å²) in [5.41, 5.74) is 7.44. The molecule has 1 heterocycles. The summed E-state index contributed by atoms with van der Waals surface area (Å²) in [5.74, 6) is -0.693. The van der Waals surface area contributed by atoms with Gasteiger partial charge in [0.1, 0.15) is 5.00 Å². The summed E-state index contributed by atoms with van der Waals surface area (Å²) in [6.07, 6.45) is 1.13. The summed E-state index contributed by atoms with van der Waals surface area (Å²) in [6, 6.07) is 9.28. The second-order valence-electron chi connectivity index (χ2n) is 6.06. The molecule has 4 N–H and O–H groups in total. The van der Waals surface area contributed by atoms with Crippen LogP contribution in [0.3, 0.4) is 0 Å². The molecule has 0 saturated heterocycles. The Morgan fingerprint density at radius 2 is 1.65 bits per heavy atom. The molecule has 3 amide bonds. The quantitative estimate of drug-likeness (QED) is 0.657. The number of benzene rings is 1. The Morgan fingerprint density at radius 3 is 2.23 bits per heavy atom. The molecule has 0 spiro atoms. The highest BCUT2D eigenvalue weighted by atomic mass is 32.1. The molecule has 0 fully saturated rings. The zero-order valence-electron chi connectivity index (χ0n) is 14.9. The number of amides is 3. The van der Waals surface area contributed by atoms with Crippen molar-refractivity contribution in [3.63, 3.8) is 0 Å². The third-order valence-corrected chi connectivity index (χ3v) is 4.97. The standard InChI is InChI=1S/C19H23N3O3S/c1-3-12(2)13-4-6-14(7-5-13)21-16(23)8-9-17(24)22-19-15(18(20)25)10-11-26-19/h4-7,10-12H,3,8-9H2,1-2H3,(H2,20,25)(H,21,23)(H,22,24)/t12-/m1/s1. The van der Waals surface area contributed by atoms with Crippen LogP contribution in [-0.4, -0.2) is 17.7 Å². The fraction of sp³-hybridized carbons (Fsp3) is 0.316. The number of hydrogen-bond donors (Lipinski definition) is 3. The van der Waals surface area contributed by atoms with E-state index in [1.54, 1.807) is 11.4 Å². The van der Waals surface area contributed by atoms with Gasteiger partial charge >= 0.3 is 0 Å². The number of thiophene rings is 1. The van der Waals surface area contributed by atoms with Crippen LogP contribution in [0.5, 0.6) is 0 Å². The Bertz CT molecular complexity index is 784. The molecule has 0 radical (unpaired) electrons. The highest BCUT2D eigenvalue weighted by Crippen LogP contribution is 2.23. The lowest BCUT2D eigenvalue weighted by molar-refractivity contribution is -0.121. The van der Waals surface area contributed by atoms with Crippen LogP contribution in [0.25, 0.3) is 0 Å². The van der Waals surface area contributed by atoms with Crippen molar-refractivity contribution >= 4 is 39.7 Å². The van der Waals surface area contributed by atoms with E-state index in [4.69, 9.17) is 5.73 Å². The number of primary amides is 1. The second kappa shape index (κ2) is 9.15.